The third kappa shape index (κ3) is 26.1. The van der Waals surface area contributed by atoms with E-state index >= 15 is 0 Å². The van der Waals surface area contributed by atoms with Gasteiger partial charge in [-0.1, -0.05) is 70.4 Å². The predicted molar refractivity (Wildman–Crippen MR) is 141 cm³/mol. The van der Waals surface area contributed by atoms with E-state index in [1.54, 1.807) is 0 Å². The molecule has 0 aromatic rings. The van der Waals surface area contributed by atoms with Crippen molar-refractivity contribution in [2.24, 2.45) is 0 Å². The Morgan fingerprint density at radius 1 is 0.857 bits per heavy atom. The number of phosphoric acid groups is 1. The summed E-state index contributed by atoms with van der Waals surface area (Å²) in [6.07, 6.45) is 19.2. The van der Waals surface area contributed by atoms with E-state index in [1.807, 2.05) is 21.1 Å². The van der Waals surface area contributed by atoms with Crippen LogP contribution < -0.4 is 0 Å². The van der Waals surface area contributed by atoms with Crippen LogP contribution >= 0.6 is 7.82 Å². The van der Waals surface area contributed by atoms with Gasteiger partial charge >= 0.3 is 13.8 Å². The largest absolute Gasteiger partial charge is 0.472 e. The molecule has 35 heavy (non-hydrogen) atoms. The number of nitrogens with zero attached hydrogens (tertiary/aromatic N) is 1. The number of quaternary nitrogens is 1. The summed E-state index contributed by atoms with van der Waals surface area (Å²) in [5.74, 6) is -0.381. The second-order valence-corrected chi connectivity index (χ2v) is 11.7. The van der Waals surface area contributed by atoms with E-state index in [1.165, 1.54) is 51.4 Å². The quantitative estimate of drug-likeness (QED) is 0.0546. The summed E-state index contributed by atoms with van der Waals surface area (Å²) >= 11 is 0. The molecule has 0 saturated heterocycles. The second kappa shape index (κ2) is 21.3. The van der Waals surface area contributed by atoms with E-state index in [0.717, 1.165) is 32.1 Å². The molecular weight excluding hydrogens is 469 g/mol. The molecule has 0 bridgehead atoms. The Labute approximate surface area is 214 Å². The van der Waals surface area contributed by atoms with Gasteiger partial charge in [-0.05, 0) is 32.1 Å². The van der Waals surface area contributed by atoms with Crippen molar-refractivity contribution >= 4 is 13.8 Å². The van der Waals surface area contributed by atoms with Crippen LogP contribution in [0.5, 0.6) is 0 Å². The Bertz CT molecular complexity index is 593. The molecule has 208 valence electrons. The zero-order chi connectivity index (χ0) is 26.4. The molecule has 0 aliphatic rings. The first-order chi connectivity index (χ1) is 16.6. The van der Waals surface area contributed by atoms with Crippen LogP contribution in [0.25, 0.3) is 0 Å². The number of carbonyl (C=O) groups is 1. The Morgan fingerprint density at radius 3 is 1.97 bits per heavy atom. The average molecular weight is 523 g/mol. The number of rotatable bonds is 24. The fourth-order valence-corrected chi connectivity index (χ4v) is 4.04. The van der Waals surface area contributed by atoms with Gasteiger partial charge in [0.05, 0.1) is 27.7 Å². The second-order valence-electron chi connectivity index (χ2n) is 10.3. The van der Waals surface area contributed by atoms with Crippen molar-refractivity contribution in [3.05, 3.63) is 12.2 Å². The van der Waals surface area contributed by atoms with Gasteiger partial charge in [-0.2, -0.15) is 0 Å². The lowest BCUT2D eigenvalue weighted by atomic mass is 10.1. The number of ether oxygens (including phenoxy) is 1. The van der Waals surface area contributed by atoms with Gasteiger partial charge in [-0.25, -0.2) is 4.57 Å². The van der Waals surface area contributed by atoms with Crippen molar-refractivity contribution in [2.45, 2.75) is 103 Å². The van der Waals surface area contributed by atoms with E-state index in [0.29, 0.717) is 17.4 Å². The summed E-state index contributed by atoms with van der Waals surface area (Å²) in [7, 11) is 1.56. The minimum atomic E-state index is -4.24. The highest BCUT2D eigenvalue weighted by Crippen LogP contribution is 2.43. The van der Waals surface area contributed by atoms with Crippen LogP contribution in [0.15, 0.2) is 12.2 Å². The van der Waals surface area contributed by atoms with Gasteiger partial charge in [-0.3, -0.25) is 13.8 Å². The Kier molecular flexibility index (Phi) is 20.9. The van der Waals surface area contributed by atoms with Crippen LogP contribution in [-0.2, 0) is 23.1 Å². The Morgan fingerprint density at radius 2 is 1.40 bits per heavy atom. The molecule has 2 atom stereocenters. The van der Waals surface area contributed by atoms with Crippen LogP contribution in [0.4, 0.5) is 0 Å². The van der Waals surface area contributed by atoms with Crippen molar-refractivity contribution in [3.8, 4) is 0 Å². The molecule has 2 N–H and O–H groups in total. The van der Waals surface area contributed by atoms with E-state index in [-0.39, 0.29) is 19.2 Å². The van der Waals surface area contributed by atoms with Gasteiger partial charge in [0.1, 0.15) is 25.9 Å². The summed E-state index contributed by atoms with van der Waals surface area (Å²) in [5, 5.41) is 9.82. The molecule has 0 heterocycles. The molecule has 0 rings (SSSR count). The number of aliphatic hydroxyl groups is 1. The molecule has 1 unspecified atom stereocenters. The normalized spacial score (nSPS) is 14.8. The third-order valence-corrected chi connectivity index (χ3v) is 6.51. The Hall–Kier alpha value is -0.760. The monoisotopic (exact) mass is 522 g/mol. The summed E-state index contributed by atoms with van der Waals surface area (Å²) in [6.45, 7) is 2.11. The number of unbranched alkanes of at least 4 members (excludes halogenated alkanes) is 11. The number of hydrogen-bond donors (Lipinski definition) is 2. The maximum Gasteiger partial charge on any atom is 0.472 e. The lowest BCUT2D eigenvalue weighted by Gasteiger charge is -2.24. The highest BCUT2D eigenvalue weighted by molar-refractivity contribution is 7.47. The predicted octanol–water partition coefficient (Wildman–Crippen LogP) is 5.77. The first-order valence-corrected chi connectivity index (χ1v) is 15.0. The lowest BCUT2D eigenvalue weighted by molar-refractivity contribution is -0.870. The van der Waals surface area contributed by atoms with Crippen LogP contribution in [0, 0.1) is 0 Å². The van der Waals surface area contributed by atoms with Crippen molar-refractivity contribution in [3.63, 3.8) is 0 Å². The topological polar surface area (TPSA) is 102 Å². The van der Waals surface area contributed by atoms with Gasteiger partial charge in [0.15, 0.2) is 0 Å². The molecule has 0 aromatic carbocycles. The molecule has 8 nitrogen and oxygen atoms in total. The van der Waals surface area contributed by atoms with E-state index in [2.05, 4.69) is 19.1 Å². The highest BCUT2D eigenvalue weighted by atomic mass is 31.2. The Balaban J connectivity index is 3.59. The molecule has 0 aliphatic heterocycles. The summed E-state index contributed by atoms with van der Waals surface area (Å²) < 4.78 is 27.0. The lowest BCUT2D eigenvalue weighted by Crippen LogP contribution is -2.37. The van der Waals surface area contributed by atoms with Crippen LogP contribution in [0.3, 0.4) is 0 Å². The van der Waals surface area contributed by atoms with Crippen molar-refractivity contribution < 1.29 is 37.6 Å². The van der Waals surface area contributed by atoms with Crippen LogP contribution in [0.2, 0.25) is 0 Å². The van der Waals surface area contributed by atoms with Crippen molar-refractivity contribution in [1.29, 1.82) is 0 Å². The minimum Gasteiger partial charge on any atom is -0.463 e. The summed E-state index contributed by atoms with van der Waals surface area (Å²) in [6, 6.07) is 0. The molecule has 0 spiro atoms. The van der Waals surface area contributed by atoms with E-state index < -0.39 is 20.5 Å². The van der Waals surface area contributed by atoms with Gasteiger partial charge in [0.25, 0.3) is 0 Å². The maximum atomic E-state index is 11.8. The number of likely N-dealkylation sites (N-methyl/N-ethyl adjacent to an activating group) is 1. The zero-order valence-electron chi connectivity index (χ0n) is 22.8. The number of esters is 1. The number of hydrogen-bond acceptors (Lipinski definition) is 6. The van der Waals surface area contributed by atoms with Gasteiger partial charge in [-0.15, -0.1) is 0 Å². The third-order valence-electron chi connectivity index (χ3n) is 5.53. The summed E-state index contributed by atoms with van der Waals surface area (Å²) in [5.41, 5.74) is 0. The van der Waals surface area contributed by atoms with Gasteiger partial charge in [0, 0.05) is 6.42 Å². The first kappa shape index (κ1) is 34.2. The first-order valence-electron chi connectivity index (χ1n) is 13.5. The minimum absolute atomic E-state index is 0.0539. The number of phosphoric ester groups is 1. The molecule has 0 saturated carbocycles. The van der Waals surface area contributed by atoms with E-state index in [4.69, 9.17) is 13.8 Å². The number of aliphatic hydroxyl groups excluding tert-OH is 1. The maximum absolute atomic E-state index is 11.8. The van der Waals surface area contributed by atoms with Crippen LogP contribution in [0.1, 0.15) is 96.8 Å². The SMILES string of the molecule is CCCCCCCCC=CCCCCCCCC(=O)OC[C@@H](O)COP(=O)(O)OCC[N+](C)(C)C. The van der Waals surface area contributed by atoms with Crippen LogP contribution in [-0.4, -0.2) is 74.1 Å². The molecular formula is C26H53NO7P+. The van der Waals surface area contributed by atoms with E-state index in [9.17, 15) is 19.4 Å². The van der Waals surface area contributed by atoms with Crippen molar-refractivity contribution in [2.75, 3.05) is 47.5 Å². The van der Waals surface area contributed by atoms with Gasteiger partial charge in [0.2, 0.25) is 0 Å². The number of carbonyl (C=O) groups excluding carboxylic acids is 1. The van der Waals surface area contributed by atoms with Gasteiger partial charge < -0.3 is 19.2 Å². The molecule has 0 aromatic heterocycles. The fourth-order valence-electron chi connectivity index (χ4n) is 3.30. The molecule has 9 heteroatoms. The smallest absolute Gasteiger partial charge is 0.463 e. The number of allylic oxidation sites excluding steroid dienone is 2. The molecule has 0 aliphatic carbocycles. The standard InChI is InChI=1S/C26H52NO7P/c1-5-6-7-8-9-10-11-12-13-14-15-16-17-18-19-20-26(29)32-23-25(28)24-34-35(30,31)33-22-21-27(2,3)4/h12-13,25,28H,5-11,14-24H2,1-4H3/p+1/t25-/m1/s1. The zero-order valence-corrected chi connectivity index (χ0v) is 23.7. The fraction of sp³-hybridized carbons (Fsp3) is 0.885. The molecule has 0 fully saturated rings. The molecule has 0 amide bonds. The van der Waals surface area contributed by atoms with Crippen molar-refractivity contribution in [1.82, 2.24) is 0 Å². The average Bonchev–Trinajstić information content (AvgIpc) is 2.78. The highest BCUT2D eigenvalue weighted by Gasteiger charge is 2.24. The molecule has 0 radical (unpaired) electrons. The summed E-state index contributed by atoms with van der Waals surface area (Å²) in [4.78, 5) is 21.4.